The van der Waals surface area contributed by atoms with E-state index in [1.54, 1.807) is 48.7 Å². The van der Waals surface area contributed by atoms with E-state index in [-0.39, 0.29) is 5.75 Å². The lowest BCUT2D eigenvalue weighted by Gasteiger charge is -2.13. The van der Waals surface area contributed by atoms with Crippen LogP contribution in [0.15, 0.2) is 75.5 Å². The molecule has 4 rings (SSSR count). The van der Waals surface area contributed by atoms with E-state index in [1.165, 1.54) is 30.6 Å². The van der Waals surface area contributed by atoms with Crippen LogP contribution in [0.2, 0.25) is 0 Å². The number of esters is 1. The molecule has 34 heavy (non-hydrogen) atoms. The Bertz CT molecular complexity index is 1420. The normalized spacial score (nSPS) is 14.9. The molecule has 9 nitrogen and oxygen atoms in total. The number of rotatable bonds is 6. The van der Waals surface area contributed by atoms with Crippen molar-refractivity contribution >= 4 is 50.8 Å². The Balaban J connectivity index is 1.57. The molecule has 0 atom stereocenters. The summed E-state index contributed by atoms with van der Waals surface area (Å²) in [6.07, 6.45) is 1.62. The van der Waals surface area contributed by atoms with Crippen molar-refractivity contribution in [2.24, 2.45) is 5.10 Å². The van der Waals surface area contributed by atoms with Crippen molar-refractivity contribution in [1.82, 2.24) is 0 Å². The summed E-state index contributed by atoms with van der Waals surface area (Å²) in [4.78, 5) is 25.3. The van der Waals surface area contributed by atoms with Crippen molar-refractivity contribution in [1.29, 1.82) is 0 Å². The van der Waals surface area contributed by atoms with Crippen molar-refractivity contribution in [3.63, 3.8) is 0 Å². The van der Waals surface area contributed by atoms with Crippen LogP contribution in [0.25, 0.3) is 6.08 Å². The molecule has 0 radical (unpaired) electrons. The van der Waals surface area contributed by atoms with Crippen LogP contribution >= 0.6 is 11.3 Å². The molecule has 1 aliphatic heterocycles. The maximum Gasteiger partial charge on any atom is 0.353 e. The van der Waals surface area contributed by atoms with Crippen molar-refractivity contribution < 1.29 is 32.0 Å². The van der Waals surface area contributed by atoms with Gasteiger partial charge in [0, 0.05) is 0 Å². The number of thiophene rings is 1. The van der Waals surface area contributed by atoms with Crippen LogP contribution < -0.4 is 14.5 Å². The first kappa shape index (κ1) is 23.4. The van der Waals surface area contributed by atoms with Gasteiger partial charge in [-0.05, 0) is 66.4 Å². The van der Waals surface area contributed by atoms with Gasteiger partial charge in [0.05, 0.1) is 29.0 Å². The van der Waals surface area contributed by atoms with E-state index >= 15 is 0 Å². The molecule has 0 spiro atoms. The lowest BCUT2D eigenvalue weighted by atomic mass is 10.1. The quantitative estimate of drug-likeness (QED) is 0.220. The van der Waals surface area contributed by atoms with Gasteiger partial charge in [0.15, 0.2) is 11.5 Å². The monoisotopic (exact) mass is 497 g/mol. The average molecular weight is 498 g/mol. The molecule has 2 aromatic carbocycles. The van der Waals surface area contributed by atoms with Crippen molar-refractivity contribution in [2.75, 3.05) is 12.1 Å². The minimum absolute atomic E-state index is 0.237. The molecule has 0 N–H and O–H groups in total. The summed E-state index contributed by atoms with van der Waals surface area (Å²) >= 11 is 1.26. The molecular weight excluding hydrogens is 480 g/mol. The number of hydrogen-bond donors (Lipinski definition) is 0. The van der Waals surface area contributed by atoms with Gasteiger partial charge in [-0.15, -0.1) is 11.3 Å². The van der Waals surface area contributed by atoms with Crippen LogP contribution in [0.4, 0.5) is 5.69 Å². The number of amides is 1. The van der Waals surface area contributed by atoms with E-state index in [9.17, 15) is 22.6 Å². The van der Waals surface area contributed by atoms with E-state index in [2.05, 4.69) is 5.10 Å². The van der Waals surface area contributed by atoms with Gasteiger partial charge in [-0.3, -0.25) is 4.79 Å². The Morgan fingerprint density at radius 1 is 1.12 bits per heavy atom. The number of methoxy groups -OCH3 is 1. The molecule has 11 heteroatoms. The first-order chi connectivity index (χ1) is 16.2. The standard InChI is InChI=1S/C23H18N2O7S2/c1-14-18(22(26)25(24-14)16-6-8-17(9-7-16)34(28,29)30)12-15-5-10-19(20(13-15)31-2)32-23(27)21-4-3-11-33-21/h3-13H,1-2H3,(H,28,29,30)/p-1/b18-12+. The third kappa shape index (κ3) is 4.76. The van der Waals surface area contributed by atoms with Crippen LogP contribution in [0.3, 0.4) is 0 Å². The van der Waals surface area contributed by atoms with E-state index in [0.29, 0.717) is 33.2 Å². The number of carbonyl (C=O) groups excluding carboxylic acids is 2. The largest absolute Gasteiger partial charge is 0.744 e. The minimum Gasteiger partial charge on any atom is -0.744 e. The molecule has 1 amide bonds. The first-order valence-electron chi connectivity index (χ1n) is 9.79. The summed E-state index contributed by atoms with van der Waals surface area (Å²) in [5, 5.41) is 7.14. The predicted molar refractivity (Wildman–Crippen MR) is 125 cm³/mol. The fraction of sp³-hybridized carbons (Fsp3) is 0.0870. The summed E-state index contributed by atoms with van der Waals surface area (Å²) < 4.78 is 44.1. The van der Waals surface area contributed by atoms with Crippen LogP contribution in [0.1, 0.15) is 22.2 Å². The van der Waals surface area contributed by atoms with Crippen LogP contribution in [0.5, 0.6) is 11.5 Å². The summed E-state index contributed by atoms with van der Waals surface area (Å²) in [5.41, 5.74) is 1.68. The Labute approximate surface area is 199 Å². The molecular formula is C23H17N2O7S2-. The summed E-state index contributed by atoms with van der Waals surface area (Å²) in [6, 6.07) is 13.2. The average Bonchev–Trinajstić information content (AvgIpc) is 3.44. The molecule has 1 aliphatic rings. The molecule has 3 aromatic rings. The van der Waals surface area contributed by atoms with Gasteiger partial charge < -0.3 is 14.0 Å². The highest BCUT2D eigenvalue weighted by Crippen LogP contribution is 2.31. The van der Waals surface area contributed by atoms with Gasteiger partial charge in [0.2, 0.25) is 0 Å². The zero-order valence-electron chi connectivity index (χ0n) is 17.9. The second-order valence-corrected chi connectivity index (χ2v) is 9.41. The summed E-state index contributed by atoms with van der Waals surface area (Å²) in [7, 11) is -3.15. The topological polar surface area (TPSA) is 125 Å². The first-order valence-corrected chi connectivity index (χ1v) is 12.1. The Morgan fingerprint density at radius 3 is 2.47 bits per heavy atom. The highest BCUT2D eigenvalue weighted by atomic mass is 32.2. The van der Waals surface area contributed by atoms with Gasteiger partial charge in [-0.2, -0.15) is 10.1 Å². The lowest BCUT2D eigenvalue weighted by Crippen LogP contribution is -2.21. The van der Waals surface area contributed by atoms with Gasteiger partial charge in [-0.1, -0.05) is 12.1 Å². The highest BCUT2D eigenvalue weighted by molar-refractivity contribution is 7.85. The molecule has 1 aromatic heterocycles. The number of nitrogens with zero attached hydrogens (tertiary/aromatic N) is 2. The Hall–Kier alpha value is -3.80. The molecule has 0 saturated heterocycles. The molecule has 0 fully saturated rings. The molecule has 0 unspecified atom stereocenters. The van der Waals surface area contributed by atoms with Crippen LogP contribution in [0, 0.1) is 0 Å². The third-order valence-corrected chi connectivity index (χ3v) is 6.56. The van der Waals surface area contributed by atoms with Crippen molar-refractivity contribution in [3.05, 3.63) is 76.0 Å². The minimum atomic E-state index is -4.59. The van der Waals surface area contributed by atoms with E-state index in [0.717, 1.165) is 17.1 Å². The summed E-state index contributed by atoms with van der Waals surface area (Å²) in [5.74, 6) is -0.381. The molecule has 0 aliphatic carbocycles. The zero-order chi connectivity index (χ0) is 24.5. The molecule has 2 heterocycles. The second kappa shape index (κ2) is 9.21. The Morgan fingerprint density at radius 2 is 1.85 bits per heavy atom. The number of anilines is 1. The zero-order valence-corrected chi connectivity index (χ0v) is 19.6. The highest BCUT2D eigenvalue weighted by Gasteiger charge is 2.29. The maximum atomic E-state index is 13.0. The number of carbonyl (C=O) groups is 2. The van der Waals surface area contributed by atoms with Crippen molar-refractivity contribution in [2.45, 2.75) is 11.8 Å². The van der Waals surface area contributed by atoms with Gasteiger partial charge >= 0.3 is 5.97 Å². The number of ether oxygens (including phenoxy) is 2. The molecule has 0 saturated carbocycles. The van der Waals surface area contributed by atoms with E-state index < -0.39 is 26.9 Å². The predicted octanol–water partition coefficient (Wildman–Crippen LogP) is 3.69. The van der Waals surface area contributed by atoms with E-state index in [4.69, 9.17) is 9.47 Å². The molecule has 0 bridgehead atoms. The van der Waals surface area contributed by atoms with Gasteiger partial charge in [0.1, 0.15) is 15.0 Å². The lowest BCUT2D eigenvalue weighted by molar-refractivity contribution is -0.114. The third-order valence-electron chi connectivity index (χ3n) is 4.86. The fourth-order valence-corrected chi connectivity index (χ4v) is 4.25. The number of hydrogen-bond acceptors (Lipinski definition) is 9. The second-order valence-electron chi connectivity index (χ2n) is 7.09. The smallest absolute Gasteiger partial charge is 0.353 e. The van der Waals surface area contributed by atoms with Crippen LogP contribution in [-0.2, 0) is 14.9 Å². The van der Waals surface area contributed by atoms with E-state index in [1.807, 2.05) is 0 Å². The fourth-order valence-electron chi connectivity index (χ4n) is 3.18. The SMILES string of the molecule is COc1cc(/C=C2/C(=O)N(c3ccc(S(=O)(=O)[O-])cc3)N=C2C)ccc1OC(=O)c1cccs1. The van der Waals surface area contributed by atoms with Gasteiger partial charge in [-0.25, -0.2) is 13.2 Å². The van der Waals surface area contributed by atoms with Crippen molar-refractivity contribution in [3.8, 4) is 11.5 Å². The van der Waals surface area contributed by atoms with Gasteiger partial charge in [0.25, 0.3) is 5.91 Å². The molecule has 174 valence electrons. The Kier molecular flexibility index (Phi) is 6.33. The number of benzene rings is 2. The summed E-state index contributed by atoms with van der Waals surface area (Å²) in [6.45, 7) is 1.66. The maximum absolute atomic E-state index is 13.0. The van der Waals surface area contributed by atoms with Crippen LogP contribution in [-0.4, -0.2) is 37.7 Å². The number of hydrazone groups is 1.